The van der Waals surface area contributed by atoms with Crippen molar-refractivity contribution in [2.75, 3.05) is 44.9 Å². The van der Waals surface area contributed by atoms with Crippen LogP contribution in [0.1, 0.15) is 10.4 Å². The average molecular weight is 538 g/mol. The molecule has 1 aromatic heterocycles. The lowest BCUT2D eigenvalue weighted by Crippen LogP contribution is -2.50. The molecule has 0 atom stereocenters. The fraction of sp³-hybridized carbons (Fsp3) is 0.273. The SMILES string of the molecule is COc1cc(Nc2c(C(N)=O)cnc3c(S(=O)(=O)N4CCN(S(C)(=O)=O)CC4)cccc23)ccc1F. The number of nitrogens with two attached hydrogens (primary N) is 1. The molecule has 0 radical (unpaired) electrons. The summed E-state index contributed by atoms with van der Waals surface area (Å²) in [6.07, 6.45) is 2.25. The highest BCUT2D eigenvalue weighted by molar-refractivity contribution is 7.89. The highest BCUT2D eigenvalue weighted by Gasteiger charge is 2.33. The standard InChI is InChI=1S/C22H24FN5O6S2/c1-34-18-12-14(6-7-17(18)23)26-20-15-4-3-5-19(21(15)25-13-16(20)22(24)29)36(32,33)28-10-8-27(9-11-28)35(2,30)31/h3-7,12-13H,8-11H2,1-2H3,(H2,24,29)(H,25,26). The number of para-hydroxylation sites is 1. The maximum atomic E-state index is 13.9. The number of fused-ring (bicyclic) bond motifs is 1. The number of hydrogen-bond acceptors (Lipinski definition) is 8. The second-order valence-electron chi connectivity index (χ2n) is 8.10. The molecule has 11 nitrogen and oxygen atoms in total. The minimum atomic E-state index is -4.06. The van der Waals surface area contributed by atoms with Crippen molar-refractivity contribution in [3.05, 3.63) is 54.0 Å². The zero-order valence-corrected chi connectivity index (χ0v) is 21.1. The summed E-state index contributed by atoms with van der Waals surface area (Å²) in [5.74, 6) is -1.41. The van der Waals surface area contributed by atoms with E-state index in [9.17, 15) is 26.0 Å². The van der Waals surface area contributed by atoms with Crippen molar-refractivity contribution in [2.24, 2.45) is 5.73 Å². The van der Waals surface area contributed by atoms with Gasteiger partial charge in [0.2, 0.25) is 20.0 Å². The number of sulfonamides is 2. The largest absolute Gasteiger partial charge is 0.494 e. The molecule has 4 rings (SSSR count). The van der Waals surface area contributed by atoms with Crippen molar-refractivity contribution in [1.29, 1.82) is 0 Å². The van der Waals surface area contributed by atoms with Crippen LogP contribution in [0.5, 0.6) is 5.75 Å². The van der Waals surface area contributed by atoms with E-state index in [1.807, 2.05) is 0 Å². The van der Waals surface area contributed by atoms with Crippen LogP contribution in [-0.2, 0) is 20.0 Å². The number of methoxy groups -OCH3 is 1. The molecular formula is C22H24FN5O6S2. The van der Waals surface area contributed by atoms with Gasteiger partial charge >= 0.3 is 0 Å². The van der Waals surface area contributed by atoms with Gasteiger partial charge in [0.25, 0.3) is 5.91 Å². The van der Waals surface area contributed by atoms with Crippen LogP contribution >= 0.6 is 0 Å². The summed E-state index contributed by atoms with van der Waals surface area (Å²) in [4.78, 5) is 16.3. The molecule has 3 aromatic rings. The highest BCUT2D eigenvalue weighted by Crippen LogP contribution is 2.34. The number of carbonyl (C=O) groups is 1. The molecule has 2 heterocycles. The molecule has 36 heavy (non-hydrogen) atoms. The van der Waals surface area contributed by atoms with Gasteiger partial charge < -0.3 is 15.8 Å². The van der Waals surface area contributed by atoms with Crippen LogP contribution in [0.3, 0.4) is 0 Å². The smallest absolute Gasteiger partial charge is 0.252 e. The van der Waals surface area contributed by atoms with Gasteiger partial charge in [-0.2, -0.15) is 8.61 Å². The third-order valence-electron chi connectivity index (χ3n) is 5.83. The van der Waals surface area contributed by atoms with E-state index >= 15 is 0 Å². The third kappa shape index (κ3) is 4.84. The van der Waals surface area contributed by atoms with Crippen molar-refractivity contribution in [3.63, 3.8) is 0 Å². The van der Waals surface area contributed by atoms with E-state index in [1.54, 1.807) is 6.07 Å². The number of ether oxygens (including phenoxy) is 1. The average Bonchev–Trinajstić information content (AvgIpc) is 2.84. The lowest BCUT2D eigenvalue weighted by atomic mass is 10.1. The second kappa shape index (κ2) is 9.61. The van der Waals surface area contributed by atoms with Crippen molar-refractivity contribution in [3.8, 4) is 5.75 Å². The predicted octanol–water partition coefficient (Wildman–Crippen LogP) is 1.49. The van der Waals surface area contributed by atoms with Gasteiger partial charge in [0, 0.05) is 49.5 Å². The first-order valence-corrected chi connectivity index (χ1v) is 14.0. The Morgan fingerprint density at radius 1 is 1.08 bits per heavy atom. The summed E-state index contributed by atoms with van der Waals surface area (Å²) in [6.45, 7) is 0.0137. The molecule has 3 N–H and O–H groups in total. The minimum absolute atomic E-state index is 0.00195. The van der Waals surface area contributed by atoms with E-state index in [4.69, 9.17) is 10.5 Å². The van der Waals surface area contributed by atoms with Gasteiger partial charge in [-0.15, -0.1) is 0 Å². The Hall–Kier alpha value is -3.33. The van der Waals surface area contributed by atoms with Gasteiger partial charge in [0.15, 0.2) is 11.6 Å². The molecule has 1 aliphatic heterocycles. The van der Waals surface area contributed by atoms with Crippen molar-refractivity contribution in [2.45, 2.75) is 4.90 Å². The molecule has 2 aromatic carbocycles. The molecule has 1 saturated heterocycles. The zero-order valence-electron chi connectivity index (χ0n) is 19.4. The zero-order chi connectivity index (χ0) is 26.3. The summed E-state index contributed by atoms with van der Waals surface area (Å²) in [6, 6.07) is 8.47. The molecule has 0 saturated carbocycles. The molecule has 14 heteroatoms. The quantitative estimate of drug-likeness (QED) is 0.460. The lowest BCUT2D eigenvalue weighted by Gasteiger charge is -2.32. The molecular weight excluding hydrogens is 513 g/mol. The van der Waals surface area contributed by atoms with Crippen molar-refractivity contribution in [1.82, 2.24) is 13.6 Å². The van der Waals surface area contributed by atoms with Gasteiger partial charge in [0.05, 0.1) is 30.1 Å². The van der Waals surface area contributed by atoms with Gasteiger partial charge in [-0.3, -0.25) is 9.78 Å². The monoisotopic (exact) mass is 537 g/mol. The Morgan fingerprint density at radius 2 is 1.75 bits per heavy atom. The van der Waals surface area contributed by atoms with E-state index < -0.39 is 31.8 Å². The van der Waals surface area contributed by atoms with Crippen LogP contribution in [0.2, 0.25) is 0 Å². The predicted molar refractivity (Wildman–Crippen MR) is 132 cm³/mol. The first kappa shape index (κ1) is 25.8. The minimum Gasteiger partial charge on any atom is -0.494 e. The molecule has 192 valence electrons. The number of primary amides is 1. The van der Waals surface area contributed by atoms with Gasteiger partial charge in [0.1, 0.15) is 4.90 Å². The summed E-state index contributed by atoms with van der Waals surface area (Å²) in [5, 5.41) is 3.31. The summed E-state index contributed by atoms with van der Waals surface area (Å²) >= 11 is 0. The number of piperazine rings is 1. The second-order valence-corrected chi connectivity index (χ2v) is 12.0. The van der Waals surface area contributed by atoms with Crippen LogP contribution < -0.4 is 15.8 Å². The molecule has 0 unspecified atom stereocenters. The van der Waals surface area contributed by atoms with Gasteiger partial charge in [-0.25, -0.2) is 21.2 Å². The molecule has 0 aliphatic carbocycles. The molecule has 1 aliphatic rings. The van der Waals surface area contributed by atoms with Crippen LogP contribution in [-0.4, -0.2) is 75.9 Å². The summed E-state index contributed by atoms with van der Waals surface area (Å²) < 4.78 is 71.9. The number of rotatable bonds is 7. The molecule has 0 spiro atoms. The van der Waals surface area contributed by atoms with Crippen LogP contribution in [0, 0.1) is 5.82 Å². The Morgan fingerprint density at radius 3 is 2.36 bits per heavy atom. The number of nitrogens with one attached hydrogen (secondary N) is 1. The summed E-state index contributed by atoms with van der Waals surface area (Å²) in [7, 11) is -6.18. The van der Waals surface area contributed by atoms with E-state index in [0.29, 0.717) is 11.1 Å². The van der Waals surface area contributed by atoms with Gasteiger partial charge in [-0.1, -0.05) is 12.1 Å². The van der Waals surface area contributed by atoms with Crippen LogP contribution in [0.15, 0.2) is 47.5 Å². The van der Waals surface area contributed by atoms with E-state index in [2.05, 4.69) is 10.3 Å². The Bertz CT molecular complexity index is 1550. The molecule has 1 amide bonds. The van der Waals surface area contributed by atoms with Crippen LogP contribution in [0.25, 0.3) is 10.9 Å². The highest BCUT2D eigenvalue weighted by atomic mass is 32.2. The number of nitrogens with zero attached hydrogens (tertiary/aromatic N) is 3. The van der Waals surface area contributed by atoms with E-state index in [-0.39, 0.29) is 53.6 Å². The maximum absolute atomic E-state index is 13.9. The third-order valence-corrected chi connectivity index (χ3v) is 9.06. The number of carbonyl (C=O) groups excluding carboxylic acids is 1. The first-order chi connectivity index (χ1) is 16.9. The number of aromatic nitrogens is 1. The fourth-order valence-corrected chi connectivity index (χ4v) is 6.39. The van der Waals surface area contributed by atoms with Crippen molar-refractivity contribution >= 4 is 48.2 Å². The Balaban J connectivity index is 1.79. The first-order valence-electron chi connectivity index (χ1n) is 10.7. The van der Waals surface area contributed by atoms with E-state index in [0.717, 1.165) is 6.26 Å². The Kier molecular flexibility index (Phi) is 6.88. The molecule has 0 bridgehead atoms. The lowest BCUT2D eigenvalue weighted by molar-refractivity contribution is 0.100. The maximum Gasteiger partial charge on any atom is 0.252 e. The number of halogens is 1. The number of anilines is 2. The number of hydrogen-bond donors (Lipinski definition) is 2. The molecule has 1 fully saturated rings. The van der Waals surface area contributed by atoms with Gasteiger partial charge in [-0.05, 0) is 18.2 Å². The normalized spacial score (nSPS) is 15.6. The fourth-order valence-electron chi connectivity index (χ4n) is 3.99. The summed E-state index contributed by atoms with van der Waals surface area (Å²) in [5.41, 5.74) is 6.20. The van der Waals surface area contributed by atoms with Crippen LogP contribution in [0.4, 0.5) is 15.8 Å². The number of pyridine rings is 1. The number of amides is 1. The number of benzene rings is 2. The van der Waals surface area contributed by atoms with Crippen molar-refractivity contribution < 1.29 is 30.8 Å². The van der Waals surface area contributed by atoms with E-state index in [1.165, 1.54) is 52.2 Å². The Labute approximate surface area is 207 Å². The topological polar surface area (TPSA) is 152 Å².